The minimum Gasteiger partial charge on any atom is -0.322 e. The summed E-state index contributed by atoms with van der Waals surface area (Å²) in [5, 5.41) is 7.14. The van der Waals surface area contributed by atoms with E-state index in [9.17, 15) is 4.79 Å². The number of benzene rings is 1. The first-order valence-electron chi connectivity index (χ1n) is 6.93. The fourth-order valence-electron chi connectivity index (χ4n) is 2.13. The summed E-state index contributed by atoms with van der Waals surface area (Å²) in [4.78, 5) is 13.5. The first-order chi connectivity index (χ1) is 9.88. The van der Waals surface area contributed by atoms with Gasteiger partial charge in [-0.3, -0.25) is 9.48 Å². The first-order valence-corrected chi connectivity index (χ1v) is 7.81. The van der Waals surface area contributed by atoms with Gasteiger partial charge in [0.1, 0.15) is 0 Å². The van der Waals surface area contributed by atoms with E-state index in [0.29, 0.717) is 0 Å². The SMILES string of the molecule is Cc1cccc(SC(C)C(=O)Nc2c(C)nn(C)c2C)c1. The molecule has 1 aromatic heterocycles. The Kier molecular flexibility index (Phi) is 4.73. The zero-order chi connectivity index (χ0) is 15.6. The smallest absolute Gasteiger partial charge is 0.237 e. The van der Waals surface area contributed by atoms with Crippen LogP contribution in [0.15, 0.2) is 29.2 Å². The zero-order valence-corrected chi connectivity index (χ0v) is 13.9. The van der Waals surface area contributed by atoms with Crippen LogP contribution >= 0.6 is 11.8 Å². The Balaban J connectivity index is 2.06. The van der Waals surface area contributed by atoms with Gasteiger partial charge in [0.15, 0.2) is 0 Å². The number of nitrogens with one attached hydrogen (secondary N) is 1. The first kappa shape index (κ1) is 15.6. The fourth-order valence-corrected chi connectivity index (χ4v) is 3.11. The molecule has 1 heterocycles. The number of carbonyl (C=O) groups excluding carboxylic acids is 1. The molecule has 0 aliphatic carbocycles. The van der Waals surface area contributed by atoms with E-state index in [1.807, 2.05) is 40.0 Å². The Morgan fingerprint density at radius 3 is 2.62 bits per heavy atom. The second-order valence-corrected chi connectivity index (χ2v) is 6.65. The summed E-state index contributed by atoms with van der Waals surface area (Å²) in [6.45, 7) is 7.83. The van der Waals surface area contributed by atoms with E-state index in [-0.39, 0.29) is 11.2 Å². The highest BCUT2D eigenvalue weighted by molar-refractivity contribution is 8.00. The van der Waals surface area contributed by atoms with E-state index in [4.69, 9.17) is 0 Å². The van der Waals surface area contributed by atoms with Gasteiger partial charge in [0.2, 0.25) is 5.91 Å². The second-order valence-electron chi connectivity index (χ2n) is 5.24. The summed E-state index contributed by atoms with van der Waals surface area (Å²) in [7, 11) is 1.88. The molecule has 0 saturated carbocycles. The number of aromatic nitrogens is 2. The molecule has 1 amide bonds. The molecule has 0 aliphatic rings. The predicted octanol–water partition coefficient (Wildman–Crippen LogP) is 3.46. The van der Waals surface area contributed by atoms with Crippen LogP contribution in [0.25, 0.3) is 0 Å². The quantitative estimate of drug-likeness (QED) is 0.880. The second kappa shape index (κ2) is 6.35. The Labute approximate surface area is 129 Å². The van der Waals surface area contributed by atoms with E-state index >= 15 is 0 Å². The number of nitrogens with zero attached hydrogens (tertiary/aromatic N) is 2. The summed E-state index contributed by atoms with van der Waals surface area (Å²) in [5.41, 5.74) is 3.83. The molecule has 1 aromatic carbocycles. The molecule has 21 heavy (non-hydrogen) atoms. The van der Waals surface area contributed by atoms with Crippen LogP contribution in [0.1, 0.15) is 23.9 Å². The van der Waals surface area contributed by atoms with Gasteiger partial charge in [-0.05, 0) is 39.8 Å². The van der Waals surface area contributed by atoms with E-state index < -0.39 is 0 Å². The average Bonchev–Trinajstić information content (AvgIpc) is 2.65. The largest absolute Gasteiger partial charge is 0.322 e. The Morgan fingerprint density at radius 1 is 1.33 bits per heavy atom. The Morgan fingerprint density at radius 2 is 2.05 bits per heavy atom. The highest BCUT2D eigenvalue weighted by atomic mass is 32.2. The van der Waals surface area contributed by atoms with Gasteiger partial charge >= 0.3 is 0 Å². The van der Waals surface area contributed by atoms with Crippen LogP contribution in [0.4, 0.5) is 5.69 Å². The van der Waals surface area contributed by atoms with Crippen LogP contribution in [0.3, 0.4) is 0 Å². The lowest BCUT2D eigenvalue weighted by molar-refractivity contribution is -0.115. The van der Waals surface area contributed by atoms with Gasteiger partial charge < -0.3 is 5.32 Å². The minimum atomic E-state index is -0.161. The molecular weight excluding hydrogens is 282 g/mol. The summed E-state index contributed by atoms with van der Waals surface area (Å²) in [6.07, 6.45) is 0. The fraction of sp³-hybridized carbons (Fsp3) is 0.375. The van der Waals surface area contributed by atoms with Crippen molar-refractivity contribution < 1.29 is 4.79 Å². The minimum absolute atomic E-state index is 0.000654. The molecule has 4 nitrogen and oxygen atoms in total. The number of hydrogen-bond donors (Lipinski definition) is 1. The maximum atomic E-state index is 12.3. The number of hydrogen-bond acceptors (Lipinski definition) is 3. The number of amides is 1. The lowest BCUT2D eigenvalue weighted by atomic mass is 10.2. The third-order valence-corrected chi connectivity index (χ3v) is 4.52. The number of anilines is 1. The molecule has 1 atom stereocenters. The van der Waals surface area contributed by atoms with Crippen molar-refractivity contribution in [1.29, 1.82) is 0 Å². The molecule has 1 unspecified atom stereocenters. The van der Waals surface area contributed by atoms with Gasteiger partial charge in [-0.2, -0.15) is 5.10 Å². The number of carbonyl (C=O) groups is 1. The highest BCUT2D eigenvalue weighted by Gasteiger charge is 2.18. The molecule has 0 aliphatic heterocycles. The van der Waals surface area contributed by atoms with Crippen LogP contribution in [-0.4, -0.2) is 20.9 Å². The number of aryl methyl sites for hydroxylation is 3. The average molecular weight is 303 g/mol. The Bertz CT molecular complexity index is 664. The maximum absolute atomic E-state index is 12.3. The van der Waals surface area contributed by atoms with Gasteiger partial charge in [0, 0.05) is 11.9 Å². The van der Waals surface area contributed by atoms with Crippen LogP contribution in [0, 0.1) is 20.8 Å². The standard InChI is InChI=1S/C16H21N3OS/c1-10-7-6-8-14(9-10)21-13(4)16(20)17-15-11(2)18-19(5)12(15)3/h6-9,13H,1-5H3,(H,17,20). The predicted molar refractivity (Wildman–Crippen MR) is 87.8 cm³/mol. The summed E-state index contributed by atoms with van der Waals surface area (Å²) >= 11 is 1.56. The lowest BCUT2D eigenvalue weighted by Crippen LogP contribution is -2.23. The molecule has 0 bridgehead atoms. The summed E-state index contributed by atoms with van der Waals surface area (Å²) in [6, 6.07) is 8.19. The molecule has 0 saturated heterocycles. The molecule has 2 rings (SSSR count). The molecule has 112 valence electrons. The molecule has 1 N–H and O–H groups in total. The normalized spacial score (nSPS) is 12.2. The van der Waals surface area contributed by atoms with Crippen molar-refractivity contribution in [2.75, 3.05) is 5.32 Å². The van der Waals surface area contributed by atoms with Crippen molar-refractivity contribution in [1.82, 2.24) is 9.78 Å². The van der Waals surface area contributed by atoms with E-state index in [0.717, 1.165) is 22.0 Å². The van der Waals surface area contributed by atoms with Crippen molar-refractivity contribution in [3.63, 3.8) is 0 Å². The molecule has 0 fully saturated rings. The summed E-state index contributed by atoms with van der Waals surface area (Å²) in [5.74, 6) is 0.000654. The monoisotopic (exact) mass is 303 g/mol. The van der Waals surface area contributed by atoms with E-state index in [1.54, 1.807) is 16.4 Å². The van der Waals surface area contributed by atoms with Crippen LogP contribution in [0.2, 0.25) is 0 Å². The lowest BCUT2D eigenvalue weighted by Gasteiger charge is -2.12. The van der Waals surface area contributed by atoms with Gasteiger partial charge in [-0.1, -0.05) is 17.7 Å². The topological polar surface area (TPSA) is 46.9 Å². The van der Waals surface area contributed by atoms with Crippen molar-refractivity contribution >= 4 is 23.4 Å². The number of thioether (sulfide) groups is 1. The third kappa shape index (κ3) is 3.67. The van der Waals surface area contributed by atoms with Gasteiger partial charge in [-0.15, -0.1) is 11.8 Å². The van der Waals surface area contributed by atoms with Crippen molar-refractivity contribution in [3.8, 4) is 0 Å². The van der Waals surface area contributed by atoms with E-state index in [1.165, 1.54) is 5.56 Å². The molecule has 5 heteroatoms. The maximum Gasteiger partial charge on any atom is 0.237 e. The van der Waals surface area contributed by atoms with Gasteiger partial charge in [0.05, 0.1) is 22.3 Å². The van der Waals surface area contributed by atoms with Crippen molar-refractivity contribution in [2.45, 2.75) is 37.8 Å². The van der Waals surface area contributed by atoms with Crippen LogP contribution in [-0.2, 0) is 11.8 Å². The molecular formula is C16H21N3OS. The van der Waals surface area contributed by atoms with E-state index in [2.05, 4.69) is 29.5 Å². The molecule has 0 spiro atoms. The molecule has 2 aromatic rings. The third-order valence-electron chi connectivity index (χ3n) is 3.43. The number of rotatable bonds is 4. The van der Waals surface area contributed by atoms with Crippen molar-refractivity contribution in [2.24, 2.45) is 7.05 Å². The summed E-state index contributed by atoms with van der Waals surface area (Å²) < 4.78 is 1.78. The molecule has 0 radical (unpaired) electrons. The van der Waals surface area contributed by atoms with Gasteiger partial charge in [-0.25, -0.2) is 0 Å². The van der Waals surface area contributed by atoms with Gasteiger partial charge in [0.25, 0.3) is 0 Å². The van der Waals surface area contributed by atoms with Crippen LogP contribution in [0.5, 0.6) is 0 Å². The zero-order valence-electron chi connectivity index (χ0n) is 13.1. The van der Waals surface area contributed by atoms with Crippen molar-refractivity contribution in [3.05, 3.63) is 41.2 Å². The Hall–Kier alpha value is -1.75. The highest BCUT2D eigenvalue weighted by Crippen LogP contribution is 2.26. The van der Waals surface area contributed by atoms with Crippen LogP contribution < -0.4 is 5.32 Å².